The Kier molecular flexibility index (Phi) is 2.62. The van der Waals surface area contributed by atoms with Crippen LogP contribution in [0.5, 0.6) is 0 Å². The number of carbonyl (C=O) groups is 1. The van der Waals surface area contributed by atoms with Crippen LogP contribution in [0.2, 0.25) is 0 Å². The molecule has 0 saturated carbocycles. The van der Waals surface area contributed by atoms with Gasteiger partial charge in [-0.05, 0) is 19.8 Å². The van der Waals surface area contributed by atoms with Crippen LogP contribution >= 0.6 is 0 Å². The number of aryl methyl sites for hydroxylation is 2. The Labute approximate surface area is 87.5 Å². The van der Waals surface area contributed by atoms with Gasteiger partial charge in [-0.1, -0.05) is 0 Å². The van der Waals surface area contributed by atoms with Crippen molar-refractivity contribution in [2.45, 2.75) is 38.6 Å². The fraction of sp³-hybridized carbons (Fsp3) is 0.600. The van der Waals surface area contributed by atoms with E-state index in [9.17, 15) is 4.79 Å². The van der Waals surface area contributed by atoms with Crippen LogP contribution in [0.15, 0.2) is 4.42 Å². The van der Waals surface area contributed by atoms with Gasteiger partial charge >= 0.3 is 5.97 Å². The first-order valence-electron chi connectivity index (χ1n) is 5.12. The van der Waals surface area contributed by atoms with Gasteiger partial charge in [0, 0.05) is 12.5 Å². The summed E-state index contributed by atoms with van der Waals surface area (Å²) in [6, 6.07) is 0.287. The number of carboxylic acid groups (broad SMARTS) is 1. The molecule has 0 saturated heterocycles. The number of aliphatic carboxylic acids is 1. The molecule has 0 aromatic carbocycles. The first-order chi connectivity index (χ1) is 7.15. The summed E-state index contributed by atoms with van der Waals surface area (Å²) in [7, 11) is 0. The van der Waals surface area contributed by atoms with Crippen molar-refractivity contribution in [3.05, 3.63) is 11.5 Å². The molecule has 0 fully saturated rings. The maximum absolute atomic E-state index is 10.4. The third-order valence-corrected chi connectivity index (χ3v) is 2.45. The van der Waals surface area contributed by atoms with Gasteiger partial charge in [0.2, 0.25) is 0 Å². The Morgan fingerprint density at radius 1 is 1.67 bits per heavy atom. The highest BCUT2D eigenvalue weighted by Gasteiger charge is 2.19. The fourth-order valence-corrected chi connectivity index (χ4v) is 1.78. The Bertz CT molecular complexity index is 351. The van der Waals surface area contributed by atoms with Crippen LogP contribution in [0.4, 0.5) is 6.01 Å². The van der Waals surface area contributed by atoms with Crippen LogP contribution in [0, 0.1) is 0 Å². The second kappa shape index (κ2) is 3.92. The van der Waals surface area contributed by atoms with E-state index in [1.54, 1.807) is 6.92 Å². The molecule has 0 aliphatic heterocycles. The predicted octanol–water partition coefficient (Wildman–Crippen LogP) is 1.44. The summed E-state index contributed by atoms with van der Waals surface area (Å²) < 4.78 is 5.46. The average molecular weight is 210 g/mol. The van der Waals surface area contributed by atoms with Crippen molar-refractivity contribution < 1.29 is 14.3 Å². The number of hydrogen-bond acceptors (Lipinski definition) is 4. The second-order valence-corrected chi connectivity index (χ2v) is 3.89. The summed E-state index contributed by atoms with van der Waals surface area (Å²) in [5, 5.41) is 11.5. The van der Waals surface area contributed by atoms with Gasteiger partial charge in [0.15, 0.2) is 0 Å². The van der Waals surface area contributed by atoms with Gasteiger partial charge in [-0.2, -0.15) is 4.98 Å². The first-order valence-corrected chi connectivity index (χ1v) is 5.12. The molecular formula is C10H14N2O3. The van der Waals surface area contributed by atoms with Crippen LogP contribution in [-0.2, 0) is 17.6 Å². The Balaban J connectivity index is 1.96. The summed E-state index contributed by atoms with van der Waals surface area (Å²) in [6.45, 7) is 1.80. The molecule has 1 heterocycles. The summed E-state index contributed by atoms with van der Waals surface area (Å²) >= 11 is 0. The van der Waals surface area contributed by atoms with Gasteiger partial charge < -0.3 is 14.8 Å². The SMILES string of the molecule is CC(CC(=O)O)Nc1nc2c(o1)CCC2. The second-order valence-electron chi connectivity index (χ2n) is 3.89. The summed E-state index contributed by atoms with van der Waals surface area (Å²) in [5.74, 6) is 0.120. The smallest absolute Gasteiger partial charge is 0.305 e. The highest BCUT2D eigenvalue weighted by molar-refractivity contribution is 5.67. The number of carboxylic acids is 1. The number of nitrogens with zero attached hydrogens (tertiary/aromatic N) is 1. The molecule has 2 rings (SSSR count). The zero-order valence-electron chi connectivity index (χ0n) is 8.62. The molecule has 15 heavy (non-hydrogen) atoms. The molecule has 0 spiro atoms. The maximum atomic E-state index is 10.4. The molecule has 1 aromatic rings. The third-order valence-electron chi connectivity index (χ3n) is 2.45. The quantitative estimate of drug-likeness (QED) is 0.786. The van der Waals surface area contributed by atoms with Crippen LogP contribution in [0.3, 0.4) is 0 Å². The van der Waals surface area contributed by atoms with Crippen molar-refractivity contribution in [1.82, 2.24) is 4.98 Å². The molecular weight excluding hydrogens is 196 g/mol. The minimum atomic E-state index is -0.825. The lowest BCUT2D eigenvalue weighted by molar-refractivity contribution is -0.137. The standard InChI is InChI=1S/C10H14N2O3/c1-6(5-9(13)14)11-10-12-7-3-2-4-8(7)15-10/h6H,2-5H2,1H3,(H,11,12)(H,13,14). The zero-order valence-corrected chi connectivity index (χ0v) is 8.62. The minimum absolute atomic E-state index is 0.0625. The van der Waals surface area contributed by atoms with Crippen molar-refractivity contribution in [2.75, 3.05) is 5.32 Å². The van der Waals surface area contributed by atoms with E-state index in [1.165, 1.54) is 0 Å². The summed E-state index contributed by atoms with van der Waals surface area (Å²) in [6.07, 6.45) is 3.07. The lowest BCUT2D eigenvalue weighted by atomic mass is 10.2. The molecule has 2 N–H and O–H groups in total. The Morgan fingerprint density at radius 3 is 3.13 bits per heavy atom. The average Bonchev–Trinajstić information content (AvgIpc) is 2.60. The van der Waals surface area contributed by atoms with Crippen LogP contribution < -0.4 is 5.32 Å². The highest BCUT2D eigenvalue weighted by atomic mass is 16.4. The van der Waals surface area contributed by atoms with Crippen molar-refractivity contribution in [3.8, 4) is 0 Å². The summed E-state index contributed by atoms with van der Waals surface area (Å²) in [4.78, 5) is 14.7. The molecule has 1 aliphatic carbocycles. The Morgan fingerprint density at radius 2 is 2.47 bits per heavy atom. The number of nitrogens with one attached hydrogen (secondary N) is 1. The number of hydrogen-bond donors (Lipinski definition) is 2. The van der Waals surface area contributed by atoms with Gasteiger partial charge in [0.25, 0.3) is 6.01 Å². The third kappa shape index (κ3) is 2.29. The molecule has 1 aromatic heterocycles. The number of fused-ring (bicyclic) bond motifs is 1. The molecule has 1 aliphatic rings. The lowest BCUT2D eigenvalue weighted by Gasteiger charge is -2.08. The van der Waals surface area contributed by atoms with E-state index < -0.39 is 5.97 Å². The predicted molar refractivity (Wildman–Crippen MR) is 53.9 cm³/mol. The molecule has 1 atom stereocenters. The van der Waals surface area contributed by atoms with Gasteiger partial charge in [0.05, 0.1) is 12.1 Å². The van der Waals surface area contributed by atoms with Gasteiger partial charge in [-0.25, -0.2) is 0 Å². The number of rotatable bonds is 4. The first kappa shape index (κ1) is 10.0. The van der Waals surface area contributed by atoms with Gasteiger partial charge in [-0.15, -0.1) is 0 Å². The Hall–Kier alpha value is -1.52. The molecule has 5 nitrogen and oxygen atoms in total. The summed E-state index contributed by atoms with van der Waals surface area (Å²) in [5.41, 5.74) is 1.01. The van der Waals surface area contributed by atoms with E-state index in [2.05, 4.69) is 10.3 Å². The molecule has 0 amide bonds. The largest absolute Gasteiger partial charge is 0.481 e. The topological polar surface area (TPSA) is 75.4 Å². The van der Waals surface area contributed by atoms with Crippen molar-refractivity contribution >= 4 is 12.0 Å². The van der Waals surface area contributed by atoms with E-state index in [4.69, 9.17) is 9.52 Å². The van der Waals surface area contributed by atoms with E-state index in [-0.39, 0.29) is 12.5 Å². The number of anilines is 1. The number of oxazole rings is 1. The van der Waals surface area contributed by atoms with Crippen molar-refractivity contribution in [1.29, 1.82) is 0 Å². The lowest BCUT2D eigenvalue weighted by Crippen LogP contribution is -2.19. The van der Waals surface area contributed by atoms with Crippen molar-refractivity contribution in [2.24, 2.45) is 0 Å². The molecule has 0 radical (unpaired) electrons. The molecule has 0 bridgehead atoms. The van der Waals surface area contributed by atoms with Gasteiger partial charge in [0.1, 0.15) is 5.76 Å². The zero-order chi connectivity index (χ0) is 10.8. The minimum Gasteiger partial charge on any atom is -0.481 e. The molecule has 1 unspecified atom stereocenters. The maximum Gasteiger partial charge on any atom is 0.305 e. The van der Waals surface area contributed by atoms with Crippen LogP contribution in [0.1, 0.15) is 31.2 Å². The van der Waals surface area contributed by atoms with Crippen LogP contribution in [-0.4, -0.2) is 22.1 Å². The molecule has 82 valence electrons. The van der Waals surface area contributed by atoms with Crippen LogP contribution in [0.25, 0.3) is 0 Å². The van der Waals surface area contributed by atoms with Crippen molar-refractivity contribution in [3.63, 3.8) is 0 Å². The van der Waals surface area contributed by atoms with E-state index in [0.717, 1.165) is 30.7 Å². The monoisotopic (exact) mass is 210 g/mol. The number of aromatic nitrogens is 1. The van der Waals surface area contributed by atoms with E-state index in [1.807, 2.05) is 0 Å². The fourth-order valence-electron chi connectivity index (χ4n) is 1.78. The van der Waals surface area contributed by atoms with E-state index in [0.29, 0.717) is 6.01 Å². The molecule has 5 heteroatoms. The normalized spacial score (nSPS) is 16.1. The van der Waals surface area contributed by atoms with E-state index >= 15 is 0 Å². The highest BCUT2D eigenvalue weighted by Crippen LogP contribution is 2.24. The van der Waals surface area contributed by atoms with Gasteiger partial charge in [-0.3, -0.25) is 4.79 Å².